The summed E-state index contributed by atoms with van der Waals surface area (Å²) in [5, 5.41) is 6.02. The number of nitrogens with one attached hydrogen (secondary N) is 2. The lowest BCUT2D eigenvalue weighted by Gasteiger charge is -2.15. The number of nitrogens with zero attached hydrogens (tertiary/aromatic N) is 1. The molecule has 0 aromatic heterocycles. The SMILES string of the molecule is CN=C(NCCCOCCOC)NCc1ccccc1OC(F)(F)F.I. The van der Waals surface area contributed by atoms with Crippen LogP contribution in [0.15, 0.2) is 29.3 Å². The monoisotopic (exact) mass is 491 g/mol. The molecule has 0 saturated carbocycles. The van der Waals surface area contributed by atoms with E-state index in [4.69, 9.17) is 9.47 Å². The summed E-state index contributed by atoms with van der Waals surface area (Å²) in [6, 6.07) is 5.97. The van der Waals surface area contributed by atoms with Crippen LogP contribution in [0, 0.1) is 0 Å². The van der Waals surface area contributed by atoms with Crippen molar-refractivity contribution in [2.45, 2.75) is 19.3 Å². The van der Waals surface area contributed by atoms with Crippen molar-refractivity contribution in [2.75, 3.05) is 40.5 Å². The third kappa shape index (κ3) is 11.4. The van der Waals surface area contributed by atoms with E-state index in [-0.39, 0.29) is 36.3 Å². The van der Waals surface area contributed by atoms with E-state index in [0.29, 0.717) is 37.9 Å². The minimum Gasteiger partial charge on any atom is -0.405 e. The van der Waals surface area contributed by atoms with E-state index in [1.54, 1.807) is 26.3 Å². The summed E-state index contributed by atoms with van der Waals surface area (Å²) in [5.74, 6) is 0.253. The molecule has 0 fully saturated rings. The molecule has 10 heteroatoms. The van der Waals surface area contributed by atoms with Gasteiger partial charge in [-0.15, -0.1) is 37.1 Å². The Morgan fingerprint density at radius 3 is 2.50 bits per heavy atom. The Balaban J connectivity index is 0.00000625. The van der Waals surface area contributed by atoms with Crippen LogP contribution in [0.1, 0.15) is 12.0 Å². The molecule has 0 aliphatic carbocycles. The fraction of sp³-hybridized carbons (Fsp3) is 0.562. The molecule has 0 spiro atoms. The highest BCUT2D eigenvalue weighted by Gasteiger charge is 2.31. The van der Waals surface area contributed by atoms with E-state index in [1.165, 1.54) is 12.1 Å². The van der Waals surface area contributed by atoms with Gasteiger partial charge >= 0.3 is 6.36 Å². The van der Waals surface area contributed by atoms with E-state index in [9.17, 15) is 13.2 Å². The molecule has 0 aliphatic heterocycles. The number of halogens is 4. The van der Waals surface area contributed by atoms with Crippen LogP contribution >= 0.6 is 24.0 Å². The predicted octanol–water partition coefficient (Wildman–Crippen LogP) is 2.92. The average molecular weight is 491 g/mol. The van der Waals surface area contributed by atoms with Crippen LogP contribution in [-0.4, -0.2) is 52.8 Å². The second-order valence-electron chi connectivity index (χ2n) is 4.97. The van der Waals surface area contributed by atoms with Gasteiger partial charge < -0.3 is 24.8 Å². The van der Waals surface area contributed by atoms with Crippen LogP contribution in [0.4, 0.5) is 13.2 Å². The maximum absolute atomic E-state index is 12.4. The second-order valence-corrected chi connectivity index (χ2v) is 4.97. The third-order valence-corrected chi connectivity index (χ3v) is 3.06. The number of hydrogen-bond acceptors (Lipinski definition) is 4. The molecule has 26 heavy (non-hydrogen) atoms. The number of alkyl halides is 3. The fourth-order valence-corrected chi connectivity index (χ4v) is 1.90. The second kappa shape index (κ2) is 13.9. The van der Waals surface area contributed by atoms with E-state index < -0.39 is 6.36 Å². The maximum Gasteiger partial charge on any atom is 0.573 e. The van der Waals surface area contributed by atoms with Gasteiger partial charge in [-0.05, 0) is 12.5 Å². The van der Waals surface area contributed by atoms with Gasteiger partial charge in [0.2, 0.25) is 0 Å². The van der Waals surface area contributed by atoms with Gasteiger partial charge in [0.15, 0.2) is 5.96 Å². The number of rotatable bonds is 10. The van der Waals surface area contributed by atoms with Gasteiger partial charge in [0.25, 0.3) is 0 Å². The molecule has 0 unspecified atom stereocenters. The molecule has 0 radical (unpaired) electrons. The van der Waals surface area contributed by atoms with Crippen molar-refractivity contribution >= 4 is 29.9 Å². The number of methoxy groups -OCH3 is 1. The van der Waals surface area contributed by atoms with Crippen molar-refractivity contribution in [1.29, 1.82) is 0 Å². The molecule has 0 aliphatic rings. The minimum absolute atomic E-state index is 0. The number of aliphatic imine (C=N–C) groups is 1. The minimum atomic E-state index is -4.72. The van der Waals surface area contributed by atoms with E-state index in [1.807, 2.05) is 0 Å². The van der Waals surface area contributed by atoms with Gasteiger partial charge in [-0.1, -0.05) is 18.2 Å². The van der Waals surface area contributed by atoms with Crippen molar-refractivity contribution in [3.05, 3.63) is 29.8 Å². The highest BCUT2D eigenvalue weighted by molar-refractivity contribution is 14.0. The van der Waals surface area contributed by atoms with E-state index >= 15 is 0 Å². The first kappa shape index (κ1) is 24.7. The van der Waals surface area contributed by atoms with Gasteiger partial charge in [-0.3, -0.25) is 4.99 Å². The largest absolute Gasteiger partial charge is 0.573 e. The van der Waals surface area contributed by atoms with Gasteiger partial charge in [0.05, 0.1) is 13.2 Å². The molecule has 1 aromatic rings. The summed E-state index contributed by atoms with van der Waals surface area (Å²) in [4.78, 5) is 4.03. The first-order chi connectivity index (χ1) is 12.0. The zero-order chi connectivity index (χ0) is 18.5. The summed E-state index contributed by atoms with van der Waals surface area (Å²) in [6.45, 7) is 2.44. The lowest BCUT2D eigenvalue weighted by molar-refractivity contribution is -0.274. The van der Waals surface area contributed by atoms with E-state index in [0.717, 1.165) is 6.42 Å². The Bertz CT molecular complexity index is 531. The first-order valence-corrected chi connectivity index (χ1v) is 7.81. The van der Waals surface area contributed by atoms with Crippen molar-refractivity contribution in [3.8, 4) is 5.75 Å². The number of benzene rings is 1. The Hall–Kier alpha value is -1.27. The molecule has 1 aromatic carbocycles. The molecule has 0 bridgehead atoms. The third-order valence-electron chi connectivity index (χ3n) is 3.06. The zero-order valence-electron chi connectivity index (χ0n) is 14.8. The van der Waals surface area contributed by atoms with E-state index in [2.05, 4.69) is 20.4 Å². The summed E-state index contributed by atoms with van der Waals surface area (Å²) in [5.41, 5.74) is 0.380. The lowest BCUT2D eigenvalue weighted by atomic mass is 10.2. The molecule has 0 heterocycles. The molecule has 1 rings (SSSR count). The molecule has 0 atom stereocenters. The number of ether oxygens (including phenoxy) is 3. The Labute approximate surface area is 168 Å². The van der Waals surface area contributed by atoms with Crippen molar-refractivity contribution < 1.29 is 27.4 Å². The zero-order valence-corrected chi connectivity index (χ0v) is 17.1. The standard InChI is InChI=1S/C16H24F3N3O3.HI/c1-20-15(21-8-5-9-24-11-10-23-2)22-12-13-6-3-4-7-14(13)25-16(17,18)19;/h3-4,6-7H,5,8-12H2,1-2H3,(H2,20,21,22);1H. The fourth-order valence-electron chi connectivity index (χ4n) is 1.90. The number of guanidine groups is 1. The van der Waals surface area contributed by atoms with Crippen molar-refractivity contribution in [3.63, 3.8) is 0 Å². The predicted molar refractivity (Wildman–Crippen MR) is 104 cm³/mol. The van der Waals surface area contributed by atoms with Gasteiger partial charge in [0, 0.05) is 39.4 Å². The maximum atomic E-state index is 12.4. The molecule has 2 N–H and O–H groups in total. The number of para-hydroxylation sites is 1. The lowest BCUT2D eigenvalue weighted by Crippen LogP contribution is -2.37. The van der Waals surface area contributed by atoms with Crippen LogP contribution in [0.5, 0.6) is 5.75 Å². The number of hydrogen-bond donors (Lipinski definition) is 2. The van der Waals surface area contributed by atoms with Gasteiger partial charge in [-0.25, -0.2) is 0 Å². The van der Waals surface area contributed by atoms with Gasteiger partial charge in [0.1, 0.15) is 5.75 Å². The Morgan fingerprint density at radius 1 is 1.12 bits per heavy atom. The Kier molecular flexibility index (Phi) is 13.2. The topological polar surface area (TPSA) is 64.1 Å². The van der Waals surface area contributed by atoms with Crippen LogP contribution < -0.4 is 15.4 Å². The quantitative estimate of drug-likeness (QED) is 0.228. The molecule has 6 nitrogen and oxygen atoms in total. The summed E-state index contributed by atoms with van der Waals surface area (Å²) in [6.07, 6.45) is -3.96. The van der Waals surface area contributed by atoms with Crippen LogP contribution in [-0.2, 0) is 16.0 Å². The smallest absolute Gasteiger partial charge is 0.405 e. The Morgan fingerprint density at radius 2 is 1.85 bits per heavy atom. The summed E-state index contributed by atoms with van der Waals surface area (Å²) < 4.78 is 51.4. The summed E-state index contributed by atoms with van der Waals surface area (Å²) in [7, 11) is 3.20. The first-order valence-electron chi connectivity index (χ1n) is 7.81. The van der Waals surface area contributed by atoms with Gasteiger partial charge in [-0.2, -0.15) is 0 Å². The molecular formula is C16H25F3IN3O3. The van der Waals surface area contributed by atoms with Crippen LogP contribution in [0.3, 0.4) is 0 Å². The molecule has 0 amide bonds. The highest BCUT2D eigenvalue weighted by atomic mass is 127. The molecular weight excluding hydrogens is 466 g/mol. The van der Waals surface area contributed by atoms with Crippen molar-refractivity contribution in [1.82, 2.24) is 10.6 Å². The average Bonchev–Trinajstić information content (AvgIpc) is 2.56. The molecule has 150 valence electrons. The molecule has 0 saturated heterocycles. The normalized spacial score (nSPS) is 11.7. The highest BCUT2D eigenvalue weighted by Crippen LogP contribution is 2.25. The summed E-state index contributed by atoms with van der Waals surface area (Å²) >= 11 is 0. The van der Waals surface area contributed by atoms with Crippen molar-refractivity contribution in [2.24, 2.45) is 4.99 Å². The van der Waals surface area contributed by atoms with Crippen LogP contribution in [0.25, 0.3) is 0 Å². The van der Waals surface area contributed by atoms with Crippen LogP contribution in [0.2, 0.25) is 0 Å².